The van der Waals surface area contributed by atoms with Gasteiger partial charge < -0.3 is 31.5 Å². The van der Waals surface area contributed by atoms with E-state index in [4.69, 9.17) is 10.5 Å². The topological polar surface area (TPSA) is 160 Å². The number of aliphatic carboxylic acids is 1. The summed E-state index contributed by atoms with van der Waals surface area (Å²) in [5.41, 5.74) is 5.53. The molecule has 0 saturated heterocycles. The van der Waals surface area contributed by atoms with Gasteiger partial charge in [-0.3, -0.25) is 9.59 Å². The number of unbranched alkanes of at least 4 members (excludes halogenated alkanes) is 1. The third kappa shape index (κ3) is 12.5. The second kappa shape index (κ2) is 15.1. The zero-order chi connectivity index (χ0) is 27.3. The van der Waals surface area contributed by atoms with E-state index in [2.05, 4.69) is 16.0 Å². The highest BCUT2D eigenvalue weighted by Gasteiger charge is 2.31. The summed E-state index contributed by atoms with van der Waals surface area (Å²) in [6, 6.07) is 6.07. The van der Waals surface area contributed by atoms with Crippen LogP contribution in [-0.4, -0.2) is 59.3 Å². The largest absolute Gasteiger partial charge is 0.480 e. The zero-order valence-electron chi connectivity index (χ0n) is 22.0. The number of ether oxygens (including phenoxy) is 1. The molecule has 0 heterocycles. The number of nitrogens with two attached hydrogens (primary N) is 1. The Bertz CT molecular complexity index is 854. The number of benzene rings is 1. The van der Waals surface area contributed by atoms with Crippen LogP contribution in [0.25, 0.3) is 0 Å². The van der Waals surface area contributed by atoms with Crippen LogP contribution in [0.5, 0.6) is 0 Å². The molecule has 0 aromatic heterocycles. The molecule has 6 N–H and O–H groups in total. The van der Waals surface area contributed by atoms with Gasteiger partial charge in [0.25, 0.3) is 0 Å². The summed E-state index contributed by atoms with van der Waals surface area (Å²) < 4.78 is 5.32. The van der Waals surface area contributed by atoms with Gasteiger partial charge in [0, 0.05) is 6.42 Å². The molecule has 0 saturated carbocycles. The first-order chi connectivity index (χ1) is 16.8. The molecule has 1 aromatic rings. The molecule has 10 nitrogen and oxygen atoms in total. The highest BCUT2D eigenvalue weighted by atomic mass is 16.6. The number of hydrogen-bond donors (Lipinski definition) is 5. The van der Waals surface area contributed by atoms with E-state index in [-0.39, 0.29) is 25.2 Å². The third-order valence-corrected chi connectivity index (χ3v) is 5.19. The van der Waals surface area contributed by atoms with Gasteiger partial charge in [-0.2, -0.15) is 0 Å². The first kappa shape index (κ1) is 30.9. The molecule has 3 unspecified atom stereocenters. The summed E-state index contributed by atoms with van der Waals surface area (Å²) in [7, 11) is 0. The number of nitrogens with one attached hydrogen (secondary N) is 3. The Labute approximate surface area is 213 Å². The number of carbonyl (C=O) groups excluding carboxylic acids is 3. The number of carbonyl (C=O) groups is 4. The van der Waals surface area contributed by atoms with Crippen LogP contribution in [0.2, 0.25) is 0 Å². The summed E-state index contributed by atoms with van der Waals surface area (Å²) in [6.07, 6.45) is 1.14. The standard InChI is InChI=1S/C26H42N4O6/c1-17(2)15-20(22(31)28-19(24(33)34)13-9-10-14-27)29-23(32)21(16-18-11-7-6-8-12-18)30-25(35)36-26(3,4)5/h6-8,11-12,17,19-21H,9-10,13-16,27H2,1-5H3,(H,28,31)(H,29,32)(H,30,35)(H,33,34). The maximum absolute atomic E-state index is 13.3. The molecular weight excluding hydrogens is 464 g/mol. The molecule has 10 heteroatoms. The zero-order valence-corrected chi connectivity index (χ0v) is 22.0. The molecule has 0 spiro atoms. The van der Waals surface area contributed by atoms with Gasteiger partial charge in [-0.05, 0) is 64.5 Å². The van der Waals surface area contributed by atoms with E-state index >= 15 is 0 Å². The maximum atomic E-state index is 13.3. The number of alkyl carbamates (subject to hydrolysis) is 1. The number of rotatable bonds is 14. The Balaban J connectivity index is 3.04. The minimum absolute atomic E-state index is 0.0351. The highest BCUT2D eigenvalue weighted by molar-refractivity contribution is 5.93. The van der Waals surface area contributed by atoms with Crippen LogP contribution in [0.4, 0.5) is 4.79 Å². The SMILES string of the molecule is CC(C)CC(NC(=O)C(Cc1ccccc1)NC(=O)OC(C)(C)C)C(=O)NC(CCCCN)C(=O)O. The normalized spacial score (nSPS) is 13.9. The molecular formula is C26H42N4O6. The summed E-state index contributed by atoms with van der Waals surface area (Å²) in [5.74, 6) is -2.27. The van der Waals surface area contributed by atoms with Crippen LogP contribution >= 0.6 is 0 Å². The minimum Gasteiger partial charge on any atom is -0.480 e. The minimum atomic E-state index is -1.15. The Kier molecular flexibility index (Phi) is 12.9. The molecule has 0 radical (unpaired) electrons. The molecule has 0 fully saturated rings. The predicted octanol–water partition coefficient (Wildman–Crippen LogP) is 2.35. The van der Waals surface area contributed by atoms with Crippen molar-refractivity contribution in [2.24, 2.45) is 11.7 Å². The van der Waals surface area contributed by atoms with Crippen LogP contribution in [0.3, 0.4) is 0 Å². The molecule has 36 heavy (non-hydrogen) atoms. The lowest BCUT2D eigenvalue weighted by Gasteiger charge is -2.26. The molecule has 0 aliphatic heterocycles. The fourth-order valence-corrected chi connectivity index (χ4v) is 3.51. The molecule has 1 aromatic carbocycles. The van der Waals surface area contributed by atoms with Crippen molar-refractivity contribution in [1.29, 1.82) is 0 Å². The van der Waals surface area contributed by atoms with E-state index < -0.39 is 47.6 Å². The van der Waals surface area contributed by atoms with Crippen LogP contribution in [-0.2, 0) is 25.5 Å². The third-order valence-electron chi connectivity index (χ3n) is 5.19. The van der Waals surface area contributed by atoms with Crippen molar-refractivity contribution in [2.75, 3.05) is 6.54 Å². The van der Waals surface area contributed by atoms with Crippen LogP contribution in [0, 0.1) is 5.92 Å². The smallest absolute Gasteiger partial charge is 0.408 e. The van der Waals surface area contributed by atoms with E-state index in [1.165, 1.54) is 0 Å². The molecule has 202 valence electrons. The van der Waals surface area contributed by atoms with Crippen molar-refractivity contribution in [3.05, 3.63) is 35.9 Å². The van der Waals surface area contributed by atoms with Crippen molar-refractivity contribution < 1.29 is 29.0 Å². The van der Waals surface area contributed by atoms with E-state index in [9.17, 15) is 24.3 Å². The van der Waals surface area contributed by atoms with Crippen LogP contribution in [0.1, 0.15) is 65.9 Å². The van der Waals surface area contributed by atoms with Gasteiger partial charge in [-0.15, -0.1) is 0 Å². The van der Waals surface area contributed by atoms with E-state index in [1.54, 1.807) is 20.8 Å². The van der Waals surface area contributed by atoms with Crippen molar-refractivity contribution in [1.82, 2.24) is 16.0 Å². The Hall–Kier alpha value is -3.14. The molecule has 0 aliphatic rings. The predicted molar refractivity (Wildman–Crippen MR) is 137 cm³/mol. The van der Waals surface area contributed by atoms with E-state index in [0.717, 1.165) is 5.56 Å². The van der Waals surface area contributed by atoms with Crippen molar-refractivity contribution in [3.63, 3.8) is 0 Å². The van der Waals surface area contributed by atoms with Crippen molar-refractivity contribution in [3.8, 4) is 0 Å². The number of hydrogen-bond acceptors (Lipinski definition) is 6. The summed E-state index contributed by atoms with van der Waals surface area (Å²) >= 11 is 0. The maximum Gasteiger partial charge on any atom is 0.408 e. The highest BCUT2D eigenvalue weighted by Crippen LogP contribution is 2.11. The Morgan fingerprint density at radius 3 is 2.03 bits per heavy atom. The van der Waals surface area contributed by atoms with E-state index in [1.807, 2.05) is 44.2 Å². The van der Waals surface area contributed by atoms with Gasteiger partial charge in [-0.25, -0.2) is 9.59 Å². The lowest BCUT2D eigenvalue weighted by atomic mass is 10.0. The first-order valence-electron chi connectivity index (χ1n) is 12.4. The van der Waals surface area contributed by atoms with Crippen molar-refractivity contribution >= 4 is 23.9 Å². The molecule has 1 rings (SSSR count). The number of amides is 3. The quantitative estimate of drug-likeness (QED) is 0.242. The van der Waals surface area contributed by atoms with Gasteiger partial charge in [0.15, 0.2) is 0 Å². The Morgan fingerprint density at radius 2 is 1.50 bits per heavy atom. The fourth-order valence-electron chi connectivity index (χ4n) is 3.51. The summed E-state index contributed by atoms with van der Waals surface area (Å²) in [6.45, 7) is 9.36. The van der Waals surface area contributed by atoms with Gasteiger partial charge in [0.05, 0.1) is 0 Å². The molecule has 3 amide bonds. The Morgan fingerprint density at radius 1 is 0.917 bits per heavy atom. The first-order valence-corrected chi connectivity index (χ1v) is 12.4. The number of carboxylic acid groups (broad SMARTS) is 1. The van der Waals surface area contributed by atoms with Crippen LogP contribution < -0.4 is 21.7 Å². The lowest BCUT2D eigenvalue weighted by molar-refractivity contribution is -0.142. The lowest BCUT2D eigenvalue weighted by Crippen LogP contribution is -2.56. The van der Waals surface area contributed by atoms with E-state index in [0.29, 0.717) is 19.4 Å². The van der Waals surface area contributed by atoms with Gasteiger partial charge in [0.2, 0.25) is 11.8 Å². The average Bonchev–Trinajstić information content (AvgIpc) is 2.76. The average molecular weight is 507 g/mol. The van der Waals surface area contributed by atoms with Gasteiger partial charge in [0.1, 0.15) is 23.7 Å². The second-order valence-corrected chi connectivity index (χ2v) is 10.3. The molecule has 3 atom stereocenters. The number of carboxylic acids is 1. The van der Waals surface area contributed by atoms with Crippen LogP contribution in [0.15, 0.2) is 30.3 Å². The second-order valence-electron chi connectivity index (χ2n) is 10.3. The van der Waals surface area contributed by atoms with Crippen molar-refractivity contribution in [2.45, 2.75) is 90.4 Å². The summed E-state index contributed by atoms with van der Waals surface area (Å²) in [5, 5.41) is 17.4. The van der Waals surface area contributed by atoms with Gasteiger partial charge >= 0.3 is 12.1 Å². The van der Waals surface area contributed by atoms with Gasteiger partial charge in [-0.1, -0.05) is 44.2 Å². The summed E-state index contributed by atoms with van der Waals surface area (Å²) in [4.78, 5) is 50.4. The molecule has 0 bridgehead atoms. The monoisotopic (exact) mass is 506 g/mol. The fraction of sp³-hybridized carbons (Fsp3) is 0.615. The molecule has 0 aliphatic carbocycles.